The summed E-state index contributed by atoms with van der Waals surface area (Å²) >= 11 is 0. The smallest absolute Gasteiger partial charge is 0.123 e. The van der Waals surface area contributed by atoms with Crippen LogP contribution in [-0.4, -0.2) is 13.1 Å². The summed E-state index contributed by atoms with van der Waals surface area (Å²) in [5.74, 6) is 0.444. The standard InChI is InChI=1S/C12H16FN/c1-9-7-11(13)4-5-12(9)10-3-2-6-14-8-10/h4-5,7,10,14H,2-3,6,8H2,1H3/t10-/m0/s1. The summed E-state index contributed by atoms with van der Waals surface area (Å²) in [6.07, 6.45) is 2.45. The Labute approximate surface area is 84.3 Å². The van der Waals surface area contributed by atoms with Crippen LogP contribution in [0.5, 0.6) is 0 Å². The molecule has 1 N–H and O–H groups in total. The van der Waals surface area contributed by atoms with Crippen molar-refractivity contribution >= 4 is 0 Å². The van der Waals surface area contributed by atoms with E-state index < -0.39 is 0 Å². The van der Waals surface area contributed by atoms with E-state index in [0.717, 1.165) is 18.7 Å². The van der Waals surface area contributed by atoms with E-state index >= 15 is 0 Å². The van der Waals surface area contributed by atoms with E-state index in [4.69, 9.17) is 0 Å². The van der Waals surface area contributed by atoms with Gasteiger partial charge in [-0.25, -0.2) is 4.39 Å². The number of benzene rings is 1. The molecule has 1 fully saturated rings. The summed E-state index contributed by atoms with van der Waals surface area (Å²) in [4.78, 5) is 0. The third-order valence-corrected chi connectivity index (χ3v) is 2.97. The summed E-state index contributed by atoms with van der Waals surface area (Å²) in [6, 6.07) is 5.13. The number of hydrogen-bond donors (Lipinski definition) is 1. The van der Waals surface area contributed by atoms with Gasteiger partial charge in [0.05, 0.1) is 0 Å². The van der Waals surface area contributed by atoms with Gasteiger partial charge in [-0.1, -0.05) is 6.07 Å². The molecule has 0 amide bonds. The Balaban J connectivity index is 2.22. The van der Waals surface area contributed by atoms with E-state index in [1.54, 1.807) is 12.1 Å². The third kappa shape index (κ3) is 1.95. The second kappa shape index (κ2) is 4.09. The lowest BCUT2D eigenvalue weighted by molar-refractivity contribution is 0.460. The molecule has 1 saturated heterocycles. The van der Waals surface area contributed by atoms with Crippen LogP contribution in [0.25, 0.3) is 0 Å². The van der Waals surface area contributed by atoms with E-state index in [2.05, 4.69) is 5.32 Å². The van der Waals surface area contributed by atoms with E-state index in [9.17, 15) is 4.39 Å². The van der Waals surface area contributed by atoms with E-state index in [1.807, 2.05) is 13.0 Å². The maximum atomic E-state index is 12.9. The quantitative estimate of drug-likeness (QED) is 0.723. The zero-order chi connectivity index (χ0) is 9.97. The molecule has 1 aromatic rings. The monoisotopic (exact) mass is 193 g/mol. The summed E-state index contributed by atoms with van der Waals surface area (Å²) in [6.45, 7) is 4.15. The predicted molar refractivity (Wildman–Crippen MR) is 56.0 cm³/mol. The van der Waals surface area contributed by atoms with Crippen molar-refractivity contribution in [3.05, 3.63) is 35.1 Å². The van der Waals surface area contributed by atoms with Crippen molar-refractivity contribution in [1.29, 1.82) is 0 Å². The fourth-order valence-corrected chi connectivity index (χ4v) is 2.21. The Morgan fingerprint density at radius 3 is 2.93 bits per heavy atom. The molecule has 1 aliphatic rings. The van der Waals surface area contributed by atoms with Gasteiger partial charge in [0.25, 0.3) is 0 Å². The Morgan fingerprint density at radius 1 is 1.43 bits per heavy atom. The van der Waals surface area contributed by atoms with Crippen LogP contribution in [0.15, 0.2) is 18.2 Å². The van der Waals surface area contributed by atoms with E-state index in [-0.39, 0.29) is 5.82 Å². The Morgan fingerprint density at radius 2 is 2.29 bits per heavy atom. The van der Waals surface area contributed by atoms with Gasteiger partial charge in [-0.15, -0.1) is 0 Å². The maximum absolute atomic E-state index is 12.9. The molecule has 1 heterocycles. The predicted octanol–water partition coefficient (Wildman–Crippen LogP) is 2.60. The van der Waals surface area contributed by atoms with Crippen molar-refractivity contribution in [2.75, 3.05) is 13.1 Å². The first-order valence-corrected chi connectivity index (χ1v) is 5.24. The largest absolute Gasteiger partial charge is 0.316 e. The Kier molecular flexibility index (Phi) is 2.82. The number of nitrogens with one attached hydrogen (secondary N) is 1. The van der Waals surface area contributed by atoms with Crippen molar-refractivity contribution in [2.45, 2.75) is 25.7 Å². The third-order valence-electron chi connectivity index (χ3n) is 2.97. The van der Waals surface area contributed by atoms with Crippen molar-refractivity contribution in [2.24, 2.45) is 0 Å². The van der Waals surface area contributed by atoms with Crippen LogP contribution < -0.4 is 5.32 Å². The summed E-state index contributed by atoms with van der Waals surface area (Å²) in [5.41, 5.74) is 2.39. The number of piperidine rings is 1. The van der Waals surface area contributed by atoms with E-state index in [0.29, 0.717) is 5.92 Å². The van der Waals surface area contributed by atoms with Gasteiger partial charge in [0.15, 0.2) is 0 Å². The van der Waals surface area contributed by atoms with Crippen LogP contribution >= 0.6 is 0 Å². The zero-order valence-corrected chi connectivity index (χ0v) is 8.52. The Bertz CT molecular complexity index is 316. The van der Waals surface area contributed by atoms with Crippen LogP contribution in [-0.2, 0) is 0 Å². The minimum Gasteiger partial charge on any atom is -0.316 e. The molecule has 0 spiro atoms. The first kappa shape index (κ1) is 9.66. The first-order chi connectivity index (χ1) is 6.77. The SMILES string of the molecule is Cc1cc(F)ccc1[C@H]1CCCNC1. The molecule has 1 aromatic carbocycles. The first-order valence-electron chi connectivity index (χ1n) is 5.24. The van der Waals surface area contributed by atoms with Crippen LogP contribution in [0.1, 0.15) is 29.9 Å². The molecule has 76 valence electrons. The second-order valence-corrected chi connectivity index (χ2v) is 4.04. The lowest BCUT2D eigenvalue weighted by atomic mass is 9.89. The molecule has 0 saturated carbocycles. The minimum atomic E-state index is -0.130. The molecule has 1 atom stereocenters. The summed E-state index contributed by atoms with van der Waals surface area (Å²) < 4.78 is 12.9. The molecule has 0 radical (unpaired) electrons. The molecule has 0 aromatic heterocycles. The highest BCUT2D eigenvalue weighted by Gasteiger charge is 2.16. The van der Waals surface area contributed by atoms with Crippen molar-refractivity contribution in [3.8, 4) is 0 Å². The van der Waals surface area contributed by atoms with Crippen molar-refractivity contribution < 1.29 is 4.39 Å². The van der Waals surface area contributed by atoms with Gasteiger partial charge in [0.2, 0.25) is 0 Å². The normalized spacial score (nSPS) is 22.3. The average molecular weight is 193 g/mol. The van der Waals surface area contributed by atoms with Crippen LogP contribution in [0.4, 0.5) is 4.39 Å². The zero-order valence-electron chi connectivity index (χ0n) is 8.52. The van der Waals surface area contributed by atoms with Gasteiger partial charge in [0, 0.05) is 6.54 Å². The number of hydrogen-bond acceptors (Lipinski definition) is 1. The highest BCUT2D eigenvalue weighted by Crippen LogP contribution is 2.26. The molecule has 14 heavy (non-hydrogen) atoms. The lowest BCUT2D eigenvalue weighted by Crippen LogP contribution is -2.28. The van der Waals surface area contributed by atoms with Gasteiger partial charge >= 0.3 is 0 Å². The fraction of sp³-hybridized carbons (Fsp3) is 0.500. The van der Waals surface area contributed by atoms with Gasteiger partial charge < -0.3 is 5.32 Å². The topological polar surface area (TPSA) is 12.0 Å². The molecular weight excluding hydrogens is 177 g/mol. The van der Waals surface area contributed by atoms with Gasteiger partial charge in [-0.05, 0) is 55.5 Å². The van der Waals surface area contributed by atoms with Gasteiger partial charge in [0.1, 0.15) is 5.82 Å². The van der Waals surface area contributed by atoms with Crippen LogP contribution in [0.3, 0.4) is 0 Å². The number of halogens is 1. The van der Waals surface area contributed by atoms with Crippen molar-refractivity contribution in [1.82, 2.24) is 5.32 Å². The molecule has 1 aliphatic heterocycles. The molecule has 2 heteroatoms. The highest BCUT2D eigenvalue weighted by molar-refractivity contribution is 5.30. The molecule has 0 bridgehead atoms. The molecule has 0 aliphatic carbocycles. The maximum Gasteiger partial charge on any atom is 0.123 e. The number of aryl methyl sites for hydroxylation is 1. The lowest BCUT2D eigenvalue weighted by Gasteiger charge is -2.24. The Hall–Kier alpha value is -0.890. The van der Waals surface area contributed by atoms with Crippen LogP contribution in [0.2, 0.25) is 0 Å². The highest BCUT2D eigenvalue weighted by atomic mass is 19.1. The average Bonchev–Trinajstić information content (AvgIpc) is 2.19. The fourth-order valence-electron chi connectivity index (χ4n) is 2.21. The van der Waals surface area contributed by atoms with Gasteiger partial charge in [-0.2, -0.15) is 0 Å². The summed E-state index contributed by atoms with van der Waals surface area (Å²) in [5, 5.41) is 3.38. The second-order valence-electron chi connectivity index (χ2n) is 4.04. The molecular formula is C12H16FN. The minimum absolute atomic E-state index is 0.130. The summed E-state index contributed by atoms with van der Waals surface area (Å²) in [7, 11) is 0. The number of rotatable bonds is 1. The van der Waals surface area contributed by atoms with Crippen molar-refractivity contribution in [3.63, 3.8) is 0 Å². The molecule has 2 rings (SSSR count). The van der Waals surface area contributed by atoms with Crippen LogP contribution in [0, 0.1) is 12.7 Å². The molecule has 1 nitrogen and oxygen atoms in total. The van der Waals surface area contributed by atoms with E-state index in [1.165, 1.54) is 18.4 Å². The molecule has 0 unspecified atom stereocenters. The van der Waals surface area contributed by atoms with Gasteiger partial charge in [-0.3, -0.25) is 0 Å².